The third-order valence-electron chi connectivity index (χ3n) is 3.57. The summed E-state index contributed by atoms with van der Waals surface area (Å²) < 4.78 is 16.1. The summed E-state index contributed by atoms with van der Waals surface area (Å²) in [4.78, 5) is 0. The van der Waals surface area contributed by atoms with Gasteiger partial charge in [0, 0.05) is 31.2 Å². The van der Waals surface area contributed by atoms with E-state index in [2.05, 4.69) is 5.43 Å². The number of benzene rings is 1. The average Bonchev–Trinajstić information content (AvgIpc) is 2.93. The number of halogens is 1. The molecule has 1 aromatic carbocycles. The molecule has 0 saturated carbocycles. The van der Waals surface area contributed by atoms with Crippen molar-refractivity contribution < 1.29 is 14.2 Å². The number of methoxy groups -OCH3 is 1. The fourth-order valence-electron chi connectivity index (χ4n) is 2.48. The van der Waals surface area contributed by atoms with E-state index in [0.29, 0.717) is 19.8 Å². The summed E-state index contributed by atoms with van der Waals surface area (Å²) in [7, 11) is 1.66. The maximum atomic E-state index is 6.17. The van der Waals surface area contributed by atoms with Crippen LogP contribution < -0.4 is 16.0 Å². The molecule has 0 radical (unpaired) electrons. The van der Waals surface area contributed by atoms with Crippen molar-refractivity contribution in [2.45, 2.75) is 25.3 Å². The summed E-state index contributed by atoms with van der Waals surface area (Å²) >= 11 is 6.17. The van der Waals surface area contributed by atoms with Crippen molar-refractivity contribution in [1.82, 2.24) is 5.43 Å². The Hall–Kier alpha value is -0.850. The van der Waals surface area contributed by atoms with E-state index in [1.807, 2.05) is 12.1 Å². The van der Waals surface area contributed by atoms with Gasteiger partial charge in [0.25, 0.3) is 0 Å². The topological polar surface area (TPSA) is 65.7 Å². The number of fused-ring (bicyclic) bond motifs is 1. The van der Waals surface area contributed by atoms with E-state index in [0.717, 1.165) is 42.2 Å². The second-order valence-electron chi connectivity index (χ2n) is 5.11. The first kappa shape index (κ1) is 16.5. The van der Waals surface area contributed by atoms with Crippen LogP contribution in [-0.2, 0) is 22.3 Å². The molecule has 1 aliphatic rings. The molecule has 1 atom stereocenters. The quantitative estimate of drug-likeness (QED) is 0.412. The first-order valence-electron chi connectivity index (χ1n) is 7.21. The van der Waals surface area contributed by atoms with Crippen molar-refractivity contribution in [2.75, 3.05) is 33.5 Å². The minimum atomic E-state index is 0.124. The van der Waals surface area contributed by atoms with E-state index in [1.54, 1.807) is 7.11 Å². The molecule has 6 heteroatoms. The molecular formula is C15H23ClN2O3. The summed E-state index contributed by atoms with van der Waals surface area (Å²) in [6.07, 6.45) is 2.51. The van der Waals surface area contributed by atoms with Crippen LogP contribution in [0, 0.1) is 0 Å². The molecule has 0 spiro atoms. The van der Waals surface area contributed by atoms with Crippen LogP contribution in [0.2, 0.25) is 5.02 Å². The second kappa shape index (κ2) is 8.56. The predicted molar refractivity (Wildman–Crippen MR) is 82.8 cm³/mol. The zero-order valence-electron chi connectivity index (χ0n) is 12.4. The third-order valence-corrected chi connectivity index (χ3v) is 3.79. The highest BCUT2D eigenvalue weighted by Gasteiger charge is 2.19. The van der Waals surface area contributed by atoms with Crippen molar-refractivity contribution in [3.8, 4) is 5.75 Å². The highest BCUT2D eigenvalue weighted by Crippen LogP contribution is 2.33. The molecule has 21 heavy (non-hydrogen) atoms. The van der Waals surface area contributed by atoms with E-state index in [-0.39, 0.29) is 6.04 Å². The minimum absolute atomic E-state index is 0.124. The smallest absolute Gasteiger partial charge is 0.125 e. The lowest BCUT2D eigenvalue weighted by molar-refractivity contribution is 0.0658. The molecule has 0 amide bonds. The molecule has 2 rings (SSSR count). The van der Waals surface area contributed by atoms with Crippen molar-refractivity contribution in [2.24, 2.45) is 5.84 Å². The van der Waals surface area contributed by atoms with Gasteiger partial charge in [0.15, 0.2) is 0 Å². The van der Waals surface area contributed by atoms with E-state index in [1.165, 1.54) is 5.56 Å². The van der Waals surface area contributed by atoms with Gasteiger partial charge in [0.1, 0.15) is 5.75 Å². The van der Waals surface area contributed by atoms with Crippen molar-refractivity contribution in [3.63, 3.8) is 0 Å². The maximum absolute atomic E-state index is 6.17. The molecule has 1 heterocycles. The lowest BCUT2D eigenvalue weighted by Crippen LogP contribution is -2.37. The average molecular weight is 315 g/mol. The van der Waals surface area contributed by atoms with Crippen molar-refractivity contribution in [1.29, 1.82) is 0 Å². The Balaban J connectivity index is 1.90. The number of rotatable bonds is 9. The lowest BCUT2D eigenvalue weighted by Gasteiger charge is -2.18. The number of hydrazine groups is 1. The monoisotopic (exact) mass is 314 g/mol. The molecule has 0 aromatic heterocycles. The number of hydrogen-bond acceptors (Lipinski definition) is 5. The summed E-state index contributed by atoms with van der Waals surface area (Å²) in [6.45, 7) is 2.57. The molecule has 1 aliphatic heterocycles. The van der Waals surface area contributed by atoms with E-state index >= 15 is 0 Å². The molecule has 5 nitrogen and oxygen atoms in total. The normalized spacial score (nSPS) is 14.8. The largest absolute Gasteiger partial charge is 0.493 e. The minimum Gasteiger partial charge on any atom is -0.493 e. The van der Waals surface area contributed by atoms with Crippen LogP contribution in [0.4, 0.5) is 0 Å². The molecule has 0 bridgehead atoms. The molecular weight excluding hydrogens is 292 g/mol. The van der Waals surface area contributed by atoms with Gasteiger partial charge in [-0.2, -0.15) is 0 Å². The summed E-state index contributed by atoms with van der Waals surface area (Å²) in [5, 5.41) is 0.751. The second-order valence-corrected chi connectivity index (χ2v) is 5.55. The Morgan fingerprint density at radius 1 is 1.38 bits per heavy atom. The molecule has 1 unspecified atom stereocenters. The highest BCUT2D eigenvalue weighted by atomic mass is 35.5. The Bertz CT molecular complexity index is 457. The molecule has 0 fully saturated rings. The van der Waals surface area contributed by atoms with Gasteiger partial charge >= 0.3 is 0 Å². The molecule has 0 aliphatic carbocycles. The van der Waals surface area contributed by atoms with Gasteiger partial charge in [0.2, 0.25) is 0 Å². The van der Waals surface area contributed by atoms with Crippen LogP contribution in [0.3, 0.4) is 0 Å². The van der Waals surface area contributed by atoms with Crippen LogP contribution in [-0.4, -0.2) is 39.6 Å². The summed E-state index contributed by atoms with van der Waals surface area (Å²) in [5.74, 6) is 6.61. The van der Waals surface area contributed by atoms with Crippen molar-refractivity contribution >= 4 is 11.6 Å². The zero-order valence-corrected chi connectivity index (χ0v) is 13.1. The van der Waals surface area contributed by atoms with Gasteiger partial charge in [-0.1, -0.05) is 11.6 Å². The van der Waals surface area contributed by atoms with Gasteiger partial charge < -0.3 is 14.2 Å². The SMILES string of the molecule is COCCOCCC(Cc1cc(Cl)cc2c1OCC2)NN. The number of ether oxygens (including phenoxy) is 3. The highest BCUT2D eigenvalue weighted by molar-refractivity contribution is 6.30. The Morgan fingerprint density at radius 3 is 3.00 bits per heavy atom. The molecule has 3 N–H and O–H groups in total. The van der Waals surface area contributed by atoms with E-state index in [9.17, 15) is 0 Å². The van der Waals surface area contributed by atoms with Crippen molar-refractivity contribution in [3.05, 3.63) is 28.3 Å². The molecule has 0 saturated heterocycles. The Morgan fingerprint density at radius 2 is 2.24 bits per heavy atom. The standard InChI is InChI=1S/C15H23ClN2O3/c1-19-6-7-20-4-3-14(18-17)10-12-9-13(16)8-11-2-5-21-15(11)12/h8-9,14,18H,2-7,10,17H2,1H3. The summed E-state index contributed by atoms with van der Waals surface area (Å²) in [6, 6.07) is 4.06. The Kier molecular flexibility index (Phi) is 6.73. The number of hydrogen-bond donors (Lipinski definition) is 2. The van der Waals surface area contributed by atoms with Crippen LogP contribution in [0.5, 0.6) is 5.75 Å². The van der Waals surface area contributed by atoms with Gasteiger partial charge in [-0.3, -0.25) is 11.3 Å². The first-order valence-corrected chi connectivity index (χ1v) is 7.59. The molecule has 118 valence electrons. The van der Waals surface area contributed by atoms with Crippen LogP contribution in [0.15, 0.2) is 12.1 Å². The van der Waals surface area contributed by atoms with Gasteiger partial charge in [0.05, 0.1) is 19.8 Å². The van der Waals surface area contributed by atoms with Crippen LogP contribution in [0.25, 0.3) is 0 Å². The first-order chi connectivity index (χ1) is 10.2. The fraction of sp³-hybridized carbons (Fsp3) is 0.600. The van der Waals surface area contributed by atoms with Gasteiger partial charge in [-0.25, -0.2) is 0 Å². The number of nitrogens with two attached hydrogens (primary N) is 1. The summed E-state index contributed by atoms with van der Waals surface area (Å²) in [5.41, 5.74) is 5.13. The van der Waals surface area contributed by atoms with Gasteiger partial charge in [-0.15, -0.1) is 0 Å². The van der Waals surface area contributed by atoms with E-state index in [4.69, 9.17) is 31.7 Å². The fourth-order valence-corrected chi connectivity index (χ4v) is 2.74. The predicted octanol–water partition coefficient (Wildman–Crippen LogP) is 1.70. The molecule has 1 aromatic rings. The third kappa shape index (κ3) is 4.83. The Labute approximate surface area is 130 Å². The van der Waals surface area contributed by atoms with Crippen LogP contribution >= 0.6 is 11.6 Å². The van der Waals surface area contributed by atoms with E-state index < -0.39 is 0 Å². The lowest BCUT2D eigenvalue weighted by atomic mass is 10.0. The zero-order chi connectivity index (χ0) is 15.1. The maximum Gasteiger partial charge on any atom is 0.125 e. The number of nitrogens with one attached hydrogen (secondary N) is 1. The van der Waals surface area contributed by atoms with Crippen LogP contribution in [0.1, 0.15) is 17.5 Å². The van der Waals surface area contributed by atoms with Gasteiger partial charge in [-0.05, 0) is 36.1 Å².